The maximum atomic E-state index is 13.4. The molecule has 1 saturated heterocycles. The summed E-state index contributed by atoms with van der Waals surface area (Å²) >= 11 is 1.30. The average Bonchev–Trinajstić information content (AvgIpc) is 3.50. The van der Waals surface area contributed by atoms with Gasteiger partial charge in [0.05, 0.1) is 28.5 Å². The maximum absolute atomic E-state index is 13.4. The Labute approximate surface area is 212 Å². The molecule has 36 heavy (non-hydrogen) atoms. The lowest BCUT2D eigenvalue weighted by Crippen LogP contribution is -2.28. The molecule has 0 aliphatic carbocycles. The Morgan fingerprint density at radius 1 is 0.944 bits per heavy atom. The van der Waals surface area contributed by atoms with E-state index in [9.17, 15) is 9.59 Å². The number of nitrogens with zero attached hydrogens (tertiary/aromatic N) is 2. The summed E-state index contributed by atoms with van der Waals surface area (Å²) in [5.41, 5.74) is 2.81. The number of hydrogen-bond acceptors (Lipinski definition) is 6. The van der Waals surface area contributed by atoms with Crippen LogP contribution >= 0.6 is 11.8 Å². The Hall–Kier alpha value is -4.36. The molecule has 1 aliphatic heterocycles. The van der Waals surface area contributed by atoms with Crippen molar-refractivity contribution in [2.45, 2.75) is 6.92 Å². The van der Waals surface area contributed by atoms with Gasteiger partial charge < -0.3 is 9.15 Å². The Bertz CT molecular complexity index is 1440. The second-order valence-electron chi connectivity index (χ2n) is 7.82. The molecule has 0 saturated carbocycles. The highest BCUT2D eigenvalue weighted by Crippen LogP contribution is 2.37. The molecule has 0 atom stereocenters. The van der Waals surface area contributed by atoms with Gasteiger partial charge in [0.15, 0.2) is 5.17 Å². The number of ether oxygens (including phenoxy) is 1. The van der Waals surface area contributed by atoms with Gasteiger partial charge in [0.2, 0.25) is 0 Å². The molecular weight excluding hydrogens is 472 g/mol. The molecular formula is C29H22N2O4S. The van der Waals surface area contributed by atoms with E-state index in [1.807, 2.05) is 72.8 Å². The molecule has 0 N–H and O–H groups in total. The highest BCUT2D eigenvalue weighted by atomic mass is 32.2. The first-order chi connectivity index (χ1) is 17.6. The quantitative estimate of drug-likeness (QED) is 0.215. The number of para-hydroxylation sites is 2. The van der Waals surface area contributed by atoms with Crippen molar-refractivity contribution in [3.05, 3.63) is 113 Å². The second-order valence-corrected chi connectivity index (χ2v) is 8.83. The molecule has 1 aliphatic rings. The first-order valence-corrected chi connectivity index (χ1v) is 12.2. The summed E-state index contributed by atoms with van der Waals surface area (Å²) in [4.78, 5) is 32.1. The molecule has 5 rings (SSSR count). The van der Waals surface area contributed by atoms with E-state index >= 15 is 0 Å². The number of furan rings is 1. The number of carbonyl (C=O) groups is 2. The third-order valence-electron chi connectivity index (χ3n) is 5.38. The van der Waals surface area contributed by atoms with Crippen LogP contribution in [0, 0.1) is 0 Å². The number of amides is 1. The second kappa shape index (κ2) is 10.5. The van der Waals surface area contributed by atoms with E-state index in [1.165, 1.54) is 11.8 Å². The first kappa shape index (κ1) is 23.4. The number of amidine groups is 1. The molecule has 7 heteroatoms. The number of thioether (sulfide) groups is 1. The van der Waals surface area contributed by atoms with Crippen LogP contribution in [-0.2, 0) is 9.53 Å². The van der Waals surface area contributed by atoms with E-state index in [0.29, 0.717) is 33.8 Å². The first-order valence-electron chi connectivity index (χ1n) is 11.4. The number of esters is 1. The molecule has 3 aromatic carbocycles. The van der Waals surface area contributed by atoms with E-state index < -0.39 is 0 Å². The van der Waals surface area contributed by atoms with Crippen LogP contribution in [0.4, 0.5) is 11.4 Å². The standard InChI is InChI=1S/C29H22N2O4S/c1-2-34-28(33)21-15-13-20(14-16-21)25-18-17-24(35-25)19-26-27(32)31(23-11-7-4-8-12-23)29(36-26)30-22-9-5-3-6-10-22/h3-19H,2H2,1H3/b26-19+,30-29?. The molecule has 0 unspecified atom stereocenters. The number of anilines is 1. The predicted molar refractivity (Wildman–Crippen MR) is 143 cm³/mol. The summed E-state index contributed by atoms with van der Waals surface area (Å²) in [6.07, 6.45) is 1.73. The van der Waals surface area contributed by atoms with Crippen LogP contribution in [-0.4, -0.2) is 23.7 Å². The van der Waals surface area contributed by atoms with Crippen LogP contribution in [0.3, 0.4) is 0 Å². The Morgan fingerprint density at radius 3 is 2.33 bits per heavy atom. The number of benzene rings is 3. The third kappa shape index (κ3) is 5.01. The van der Waals surface area contributed by atoms with E-state index in [4.69, 9.17) is 14.1 Å². The molecule has 178 valence electrons. The third-order valence-corrected chi connectivity index (χ3v) is 6.35. The highest BCUT2D eigenvalue weighted by Gasteiger charge is 2.35. The summed E-state index contributed by atoms with van der Waals surface area (Å²) in [5, 5.41) is 0.574. The van der Waals surface area contributed by atoms with Crippen molar-refractivity contribution in [1.82, 2.24) is 0 Å². The summed E-state index contributed by atoms with van der Waals surface area (Å²) in [7, 11) is 0. The van der Waals surface area contributed by atoms with Gasteiger partial charge >= 0.3 is 5.97 Å². The molecule has 4 aromatic rings. The maximum Gasteiger partial charge on any atom is 0.338 e. The lowest BCUT2D eigenvalue weighted by molar-refractivity contribution is -0.113. The van der Waals surface area contributed by atoms with Crippen molar-refractivity contribution in [1.29, 1.82) is 0 Å². The topological polar surface area (TPSA) is 72.1 Å². The largest absolute Gasteiger partial charge is 0.462 e. The molecule has 1 amide bonds. The van der Waals surface area contributed by atoms with E-state index in [1.54, 1.807) is 42.2 Å². The van der Waals surface area contributed by atoms with Crippen molar-refractivity contribution in [3.63, 3.8) is 0 Å². The molecule has 6 nitrogen and oxygen atoms in total. The number of rotatable bonds is 6. The lowest BCUT2D eigenvalue weighted by Gasteiger charge is -2.15. The normalized spacial score (nSPS) is 15.6. The zero-order valence-electron chi connectivity index (χ0n) is 19.5. The van der Waals surface area contributed by atoms with E-state index in [-0.39, 0.29) is 11.9 Å². The predicted octanol–water partition coefficient (Wildman–Crippen LogP) is 6.93. The van der Waals surface area contributed by atoms with E-state index in [2.05, 4.69) is 0 Å². The highest BCUT2D eigenvalue weighted by molar-refractivity contribution is 8.19. The Morgan fingerprint density at radius 2 is 1.64 bits per heavy atom. The zero-order chi connectivity index (χ0) is 24.9. The van der Waals surface area contributed by atoms with Gasteiger partial charge in [-0.3, -0.25) is 9.69 Å². The summed E-state index contributed by atoms with van der Waals surface area (Å²) in [5.74, 6) is 0.648. The minimum absolute atomic E-state index is 0.169. The smallest absolute Gasteiger partial charge is 0.338 e. The molecule has 0 bridgehead atoms. The van der Waals surface area contributed by atoms with Crippen LogP contribution in [0.1, 0.15) is 23.0 Å². The van der Waals surface area contributed by atoms with Crippen molar-refractivity contribution in [2.24, 2.45) is 4.99 Å². The molecule has 1 aromatic heterocycles. The fourth-order valence-electron chi connectivity index (χ4n) is 3.67. The zero-order valence-corrected chi connectivity index (χ0v) is 20.3. The molecule has 0 radical (unpaired) electrons. The van der Waals surface area contributed by atoms with Crippen LogP contribution in [0.15, 0.2) is 111 Å². The van der Waals surface area contributed by atoms with Crippen LogP contribution < -0.4 is 4.90 Å². The average molecular weight is 495 g/mol. The minimum Gasteiger partial charge on any atom is -0.462 e. The Balaban J connectivity index is 1.43. The number of aliphatic imine (C=N–C) groups is 1. The van der Waals surface area contributed by atoms with Crippen molar-refractivity contribution in [2.75, 3.05) is 11.5 Å². The van der Waals surface area contributed by atoms with Crippen LogP contribution in [0.25, 0.3) is 17.4 Å². The fourth-order valence-corrected chi connectivity index (χ4v) is 4.65. The van der Waals surface area contributed by atoms with E-state index in [0.717, 1.165) is 16.9 Å². The van der Waals surface area contributed by atoms with Crippen molar-refractivity contribution < 1.29 is 18.7 Å². The lowest BCUT2D eigenvalue weighted by atomic mass is 10.1. The summed E-state index contributed by atoms with van der Waals surface area (Å²) in [6, 6.07) is 29.7. The van der Waals surface area contributed by atoms with Crippen molar-refractivity contribution in [3.8, 4) is 11.3 Å². The summed E-state index contributed by atoms with van der Waals surface area (Å²) < 4.78 is 11.0. The SMILES string of the molecule is CCOC(=O)c1ccc(-c2ccc(/C=C3/SC(=Nc4ccccc4)N(c4ccccc4)C3=O)o2)cc1. The van der Waals surface area contributed by atoms with Gasteiger partial charge in [0, 0.05) is 11.6 Å². The molecule has 1 fully saturated rings. The van der Waals surface area contributed by atoms with Gasteiger partial charge in [-0.15, -0.1) is 0 Å². The summed E-state index contributed by atoms with van der Waals surface area (Å²) in [6.45, 7) is 2.10. The van der Waals surface area contributed by atoms with Gasteiger partial charge in [-0.2, -0.15) is 0 Å². The molecule has 2 heterocycles. The Kier molecular flexibility index (Phi) is 6.82. The monoisotopic (exact) mass is 494 g/mol. The van der Waals surface area contributed by atoms with Gasteiger partial charge in [0.25, 0.3) is 5.91 Å². The van der Waals surface area contributed by atoms with Gasteiger partial charge in [-0.05, 0) is 67.2 Å². The van der Waals surface area contributed by atoms with Gasteiger partial charge in [-0.1, -0.05) is 48.5 Å². The fraction of sp³-hybridized carbons (Fsp3) is 0.0690. The van der Waals surface area contributed by atoms with Crippen LogP contribution in [0.2, 0.25) is 0 Å². The van der Waals surface area contributed by atoms with Crippen molar-refractivity contribution >= 4 is 46.3 Å². The number of hydrogen-bond donors (Lipinski definition) is 0. The van der Waals surface area contributed by atoms with Crippen LogP contribution in [0.5, 0.6) is 0 Å². The van der Waals surface area contributed by atoms with Gasteiger partial charge in [0.1, 0.15) is 11.5 Å². The number of carbonyl (C=O) groups excluding carboxylic acids is 2. The van der Waals surface area contributed by atoms with Gasteiger partial charge in [-0.25, -0.2) is 9.79 Å². The minimum atomic E-state index is -0.360. The molecule has 0 spiro atoms.